The average Bonchev–Trinajstić information content (AvgIpc) is 2.53. The van der Waals surface area contributed by atoms with Crippen LogP contribution in [0.2, 0.25) is 0 Å². The lowest BCUT2D eigenvalue weighted by Gasteiger charge is -2.27. The lowest BCUT2D eigenvalue weighted by atomic mass is 9.75. The van der Waals surface area contributed by atoms with Gasteiger partial charge in [0.25, 0.3) is 0 Å². The quantitative estimate of drug-likeness (QED) is 0.845. The number of carbonyl (C=O) groups excluding carboxylic acids is 1. The number of carbonyl (C=O) groups is 2. The van der Waals surface area contributed by atoms with Gasteiger partial charge in [0.2, 0.25) is 0 Å². The molecule has 0 aliphatic heterocycles. The number of methoxy groups -OCH3 is 2. The zero-order valence-electron chi connectivity index (χ0n) is 12.3. The second-order valence-electron chi connectivity index (χ2n) is 5.27. The van der Waals surface area contributed by atoms with E-state index in [-0.39, 0.29) is 5.78 Å². The Morgan fingerprint density at radius 2 is 1.67 bits per heavy atom. The molecule has 0 heterocycles. The Balaban J connectivity index is 2.28. The molecule has 0 aromatic heterocycles. The minimum absolute atomic E-state index is 0.122. The Morgan fingerprint density at radius 1 is 1.05 bits per heavy atom. The lowest BCUT2D eigenvalue weighted by molar-refractivity contribution is -0.144. The molecule has 5 nitrogen and oxygen atoms in total. The fraction of sp³-hybridized carbons (Fsp3) is 0.500. The lowest BCUT2D eigenvalue weighted by Crippen LogP contribution is -2.32. The second-order valence-corrected chi connectivity index (χ2v) is 5.27. The molecule has 0 amide bonds. The molecule has 2 atom stereocenters. The predicted octanol–water partition coefficient (Wildman–Crippen LogP) is 2.78. The van der Waals surface area contributed by atoms with Gasteiger partial charge in [0.15, 0.2) is 17.3 Å². The van der Waals surface area contributed by atoms with E-state index in [9.17, 15) is 14.7 Å². The fourth-order valence-corrected chi connectivity index (χ4v) is 2.94. The number of hydrogen-bond donors (Lipinski definition) is 1. The summed E-state index contributed by atoms with van der Waals surface area (Å²) in [7, 11) is 3.04. The zero-order chi connectivity index (χ0) is 15.4. The van der Waals surface area contributed by atoms with Crippen LogP contribution in [-0.2, 0) is 4.79 Å². The van der Waals surface area contributed by atoms with Gasteiger partial charge in [-0.05, 0) is 31.0 Å². The molecule has 5 heteroatoms. The Labute approximate surface area is 123 Å². The highest BCUT2D eigenvalue weighted by molar-refractivity contribution is 6.00. The van der Waals surface area contributed by atoms with Crippen molar-refractivity contribution >= 4 is 11.8 Å². The highest BCUT2D eigenvalue weighted by Gasteiger charge is 2.36. The maximum Gasteiger partial charge on any atom is 0.307 e. The topological polar surface area (TPSA) is 72.8 Å². The molecule has 1 aromatic rings. The molecule has 2 rings (SSSR count). The standard InChI is InChI=1S/C16H20O5/c1-20-13-8-7-10(9-14(13)21-2)15(17)11-5-3-4-6-12(11)16(18)19/h7-9,11-12H,3-6H2,1-2H3,(H,18,19)/t11-,12-/m0/s1. The van der Waals surface area contributed by atoms with Crippen LogP contribution in [0.15, 0.2) is 18.2 Å². The van der Waals surface area contributed by atoms with Gasteiger partial charge in [-0.15, -0.1) is 0 Å². The van der Waals surface area contributed by atoms with Crippen molar-refractivity contribution in [3.8, 4) is 11.5 Å². The summed E-state index contributed by atoms with van der Waals surface area (Å²) in [6.45, 7) is 0. The van der Waals surface area contributed by atoms with Gasteiger partial charge in [-0.1, -0.05) is 12.8 Å². The third-order valence-electron chi connectivity index (χ3n) is 4.09. The molecule has 0 radical (unpaired) electrons. The predicted molar refractivity (Wildman–Crippen MR) is 77.0 cm³/mol. The first-order valence-electron chi connectivity index (χ1n) is 7.07. The fourth-order valence-electron chi connectivity index (χ4n) is 2.94. The number of benzene rings is 1. The molecular formula is C16H20O5. The highest BCUT2D eigenvalue weighted by atomic mass is 16.5. The van der Waals surface area contributed by atoms with Gasteiger partial charge in [-0.2, -0.15) is 0 Å². The third kappa shape index (κ3) is 3.17. The first-order chi connectivity index (χ1) is 10.1. The molecular weight excluding hydrogens is 272 g/mol. The van der Waals surface area contributed by atoms with Gasteiger partial charge in [0, 0.05) is 11.5 Å². The van der Waals surface area contributed by atoms with Crippen LogP contribution in [0.1, 0.15) is 36.0 Å². The Morgan fingerprint density at radius 3 is 2.24 bits per heavy atom. The summed E-state index contributed by atoms with van der Waals surface area (Å²) in [5.74, 6) is -1.01. The Kier molecular flexibility index (Phi) is 4.83. The van der Waals surface area contributed by atoms with Gasteiger partial charge in [-0.25, -0.2) is 0 Å². The summed E-state index contributed by atoms with van der Waals surface area (Å²) >= 11 is 0. The van der Waals surface area contributed by atoms with E-state index in [2.05, 4.69) is 0 Å². The summed E-state index contributed by atoms with van der Waals surface area (Å²) in [4.78, 5) is 23.9. The second kappa shape index (κ2) is 6.61. The summed E-state index contributed by atoms with van der Waals surface area (Å²) in [5.41, 5.74) is 0.478. The number of rotatable bonds is 5. The first-order valence-corrected chi connectivity index (χ1v) is 7.07. The summed E-state index contributed by atoms with van der Waals surface area (Å²) in [6, 6.07) is 4.95. The molecule has 21 heavy (non-hydrogen) atoms. The monoisotopic (exact) mass is 292 g/mol. The summed E-state index contributed by atoms with van der Waals surface area (Å²) < 4.78 is 10.3. The van der Waals surface area contributed by atoms with E-state index in [4.69, 9.17) is 9.47 Å². The van der Waals surface area contributed by atoms with E-state index in [0.717, 1.165) is 12.8 Å². The van der Waals surface area contributed by atoms with E-state index in [0.29, 0.717) is 29.9 Å². The van der Waals surface area contributed by atoms with Gasteiger partial charge >= 0.3 is 5.97 Å². The molecule has 1 fully saturated rings. The molecule has 114 valence electrons. The van der Waals surface area contributed by atoms with Crippen LogP contribution in [0, 0.1) is 11.8 Å². The minimum Gasteiger partial charge on any atom is -0.493 e. The van der Waals surface area contributed by atoms with Crippen LogP contribution in [0.3, 0.4) is 0 Å². The zero-order valence-corrected chi connectivity index (χ0v) is 12.3. The Bertz CT molecular complexity index is 537. The molecule has 0 saturated heterocycles. The van der Waals surface area contributed by atoms with Gasteiger partial charge < -0.3 is 14.6 Å². The number of aliphatic carboxylic acids is 1. The Hall–Kier alpha value is -2.04. The van der Waals surface area contributed by atoms with E-state index in [1.807, 2.05) is 0 Å². The maximum absolute atomic E-state index is 12.6. The van der Waals surface area contributed by atoms with E-state index in [1.165, 1.54) is 14.2 Å². The molecule has 1 saturated carbocycles. The van der Waals surface area contributed by atoms with E-state index in [1.54, 1.807) is 18.2 Å². The smallest absolute Gasteiger partial charge is 0.307 e. The normalized spacial score (nSPS) is 21.6. The van der Waals surface area contributed by atoms with Crippen LogP contribution in [0.25, 0.3) is 0 Å². The van der Waals surface area contributed by atoms with Crippen LogP contribution < -0.4 is 9.47 Å². The SMILES string of the molecule is COc1ccc(C(=O)[C@H]2CCCC[C@@H]2C(=O)O)cc1OC. The number of ether oxygens (including phenoxy) is 2. The molecule has 0 unspecified atom stereocenters. The molecule has 1 aliphatic rings. The van der Waals surface area contributed by atoms with Crippen molar-refractivity contribution in [1.82, 2.24) is 0 Å². The number of carboxylic acids is 1. The van der Waals surface area contributed by atoms with Crippen molar-refractivity contribution in [1.29, 1.82) is 0 Å². The van der Waals surface area contributed by atoms with Crippen molar-refractivity contribution in [3.05, 3.63) is 23.8 Å². The molecule has 1 N–H and O–H groups in total. The first kappa shape index (κ1) is 15.4. The van der Waals surface area contributed by atoms with Gasteiger partial charge in [-0.3, -0.25) is 9.59 Å². The molecule has 1 aliphatic carbocycles. The van der Waals surface area contributed by atoms with Crippen molar-refractivity contribution in [3.63, 3.8) is 0 Å². The molecule has 0 bridgehead atoms. The van der Waals surface area contributed by atoms with Crippen LogP contribution >= 0.6 is 0 Å². The maximum atomic E-state index is 12.6. The van der Waals surface area contributed by atoms with Crippen molar-refractivity contribution in [2.24, 2.45) is 11.8 Å². The average molecular weight is 292 g/mol. The van der Waals surface area contributed by atoms with Gasteiger partial charge in [0.05, 0.1) is 20.1 Å². The van der Waals surface area contributed by atoms with Crippen LogP contribution in [0.5, 0.6) is 11.5 Å². The molecule has 1 aromatic carbocycles. The van der Waals surface area contributed by atoms with E-state index >= 15 is 0 Å². The largest absolute Gasteiger partial charge is 0.493 e. The number of carboxylic acid groups (broad SMARTS) is 1. The van der Waals surface area contributed by atoms with E-state index < -0.39 is 17.8 Å². The van der Waals surface area contributed by atoms with Crippen LogP contribution in [0.4, 0.5) is 0 Å². The number of hydrogen-bond acceptors (Lipinski definition) is 4. The van der Waals surface area contributed by atoms with Crippen molar-refractivity contribution < 1.29 is 24.2 Å². The molecule has 0 spiro atoms. The summed E-state index contributed by atoms with van der Waals surface area (Å²) in [6.07, 6.45) is 2.96. The number of ketones is 1. The van der Waals surface area contributed by atoms with Crippen LogP contribution in [-0.4, -0.2) is 31.1 Å². The summed E-state index contributed by atoms with van der Waals surface area (Å²) in [5, 5.41) is 9.29. The highest BCUT2D eigenvalue weighted by Crippen LogP contribution is 2.35. The minimum atomic E-state index is -0.881. The third-order valence-corrected chi connectivity index (χ3v) is 4.09. The van der Waals surface area contributed by atoms with Gasteiger partial charge in [0.1, 0.15) is 0 Å². The number of Topliss-reactive ketones (excluding diaryl/α,β-unsaturated/α-hetero) is 1. The van der Waals surface area contributed by atoms with Crippen molar-refractivity contribution in [2.75, 3.05) is 14.2 Å². The van der Waals surface area contributed by atoms with Crippen molar-refractivity contribution in [2.45, 2.75) is 25.7 Å².